The summed E-state index contributed by atoms with van der Waals surface area (Å²) in [6, 6.07) is 10.0. The summed E-state index contributed by atoms with van der Waals surface area (Å²) < 4.78 is 9.74. The maximum absolute atomic E-state index is 11.0. The van der Waals surface area contributed by atoms with Crippen molar-refractivity contribution in [3.8, 4) is 0 Å². The van der Waals surface area contributed by atoms with Crippen LogP contribution in [0.25, 0.3) is 0 Å². The average Bonchev–Trinajstić information content (AvgIpc) is 3.38. The molecule has 1 unspecified atom stereocenters. The molecule has 1 aliphatic carbocycles. The van der Waals surface area contributed by atoms with Crippen molar-refractivity contribution in [2.45, 2.75) is 72.0 Å². The van der Waals surface area contributed by atoms with Crippen molar-refractivity contribution in [1.29, 1.82) is 0 Å². The molecule has 0 bridgehead atoms. The van der Waals surface area contributed by atoms with Gasteiger partial charge in [0.2, 0.25) is 0 Å². The second-order valence-electron chi connectivity index (χ2n) is 7.50. The molecule has 1 aromatic rings. The number of hydrogen-bond donors (Lipinski definition) is 2. The molecule has 1 amide bonds. The van der Waals surface area contributed by atoms with Crippen molar-refractivity contribution in [3.63, 3.8) is 0 Å². The Kier molecular flexibility index (Phi) is 12.1. The molecule has 1 aromatic carbocycles. The second kappa shape index (κ2) is 13.1. The number of aliphatic hydroxyl groups is 1. The number of carbonyl (C=O) groups excluding carboxylic acids is 2. The van der Waals surface area contributed by atoms with E-state index >= 15 is 0 Å². The molecule has 1 atom stereocenters. The maximum atomic E-state index is 11.0. The highest BCUT2D eigenvalue weighted by molar-refractivity contribution is 5.69. The quantitative estimate of drug-likeness (QED) is 0.755. The van der Waals surface area contributed by atoms with E-state index in [4.69, 9.17) is 15.6 Å². The normalized spacial score (nSPS) is 13.9. The van der Waals surface area contributed by atoms with E-state index in [-0.39, 0.29) is 12.1 Å². The standard InChI is InChI=1S/C12H16O2.C5H11NO2.C4H8O/c1-3-12(13)14-10(2)9-11-7-5-4-6-8-11;1-5(2,3)8-4(6)7;5-3-4-1-2-4/h4-8,10H,3,9H2,1-2H3;1-3H3,(H2,6,7);4-5H,1-3H2. The van der Waals surface area contributed by atoms with Crippen molar-refractivity contribution in [2.24, 2.45) is 11.7 Å². The number of ether oxygens (including phenoxy) is 2. The Balaban J connectivity index is 0.000000435. The lowest BCUT2D eigenvalue weighted by molar-refractivity contribution is -0.147. The first kappa shape index (κ1) is 24.9. The molecule has 2 rings (SSSR count). The Labute approximate surface area is 163 Å². The Morgan fingerprint density at radius 2 is 1.78 bits per heavy atom. The fourth-order valence-electron chi connectivity index (χ4n) is 1.90. The van der Waals surface area contributed by atoms with Gasteiger partial charge >= 0.3 is 12.1 Å². The molecule has 154 valence electrons. The summed E-state index contributed by atoms with van der Waals surface area (Å²) in [5.74, 6) is 0.559. The second-order valence-corrected chi connectivity index (χ2v) is 7.50. The Morgan fingerprint density at radius 1 is 1.22 bits per heavy atom. The predicted octanol–water partition coefficient (Wildman–Crippen LogP) is 3.84. The molecule has 1 aliphatic rings. The number of aliphatic hydroxyl groups excluding tert-OH is 1. The van der Waals surface area contributed by atoms with E-state index < -0.39 is 11.7 Å². The number of rotatable bonds is 5. The van der Waals surface area contributed by atoms with Gasteiger partial charge in [0.15, 0.2) is 0 Å². The van der Waals surface area contributed by atoms with Crippen molar-refractivity contribution in [3.05, 3.63) is 35.9 Å². The molecule has 6 nitrogen and oxygen atoms in total. The van der Waals surface area contributed by atoms with Gasteiger partial charge in [-0.3, -0.25) is 4.79 Å². The van der Waals surface area contributed by atoms with E-state index in [1.165, 1.54) is 18.4 Å². The Bertz CT molecular complexity index is 535. The SMILES string of the molecule is CC(C)(C)OC(N)=O.CCC(=O)OC(C)Cc1ccccc1.OCC1CC1. The fraction of sp³-hybridized carbons (Fsp3) is 0.619. The summed E-state index contributed by atoms with van der Waals surface area (Å²) in [5.41, 5.74) is 5.46. The van der Waals surface area contributed by atoms with Crippen LogP contribution in [0.15, 0.2) is 30.3 Å². The van der Waals surface area contributed by atoms with Gasteiger partial charge in [-0.05, 0) is 52.0 Å². The highest BCUT2D eigenvalue weighted by Gasteiger charge is 2.18. The maximum Gasteiger partial charge on any atom is 0.405 e. The highest BCUT2D eigenvalue weighted by atomic mass is 16.6. The van der Waals surface area contributed by atoms with Crippen LogP contribution in [0.5, 0.6) is 0 Å². The molecule has 0 saturated heterocycles. The number of amides is 1. The summed E-state index contributed by atoms with van der Waals surface area (Å²) in [6.45, 7) is 9.42. The largest absolute Gasteiger partial charge is 0.462 e. The molecule has 27 heavy (non-hydrogen) atoms. The number of hydrogen-bond acceptors (Lipinski definition) is 5. The van der Waals surface area contributed by atoms with Crippen LogP contribution in [0.4, 0.5) is 4.79 Å². The number of nitrogens with two attached hydrogens (primary N) is 1. The predicted molar refractivity (Wildman–Crippen MR) is 106 cm³/mol. The number of esters is 1. The summed E-state index contributed by atoms with van der Waals surface area (Å²) in [5, 5.41) is 8.21. The molecule has 0 spiro atoms. The van der Waals surface area contributed by atoms with Gasteiger partial charge in [-0.25, -0.2) is 4.79 Å². The zero-order valence-corrected chi connectivity index (χ0v) is 17.2. The lowest BCUT2D eigenvalue weighted by Gasteiger charge is -2.16. The molecule has 0 radical (unpaired) electrons. The van der Waals surface area contributed by atoms with Crippen LogP contribution in [0.3, 0.4) is 0 Å². The van der Waals surface area contributed by atoms with Gasteiger partial charge in [-0.1, -0.05) is 37.3 Å². The summed E-state index contributed by atoms with van der Waals surface area (Å²) in [4.78, 5) is 21.0. The topological polar surface area (TPSA) is 98.9 Å². The van der Waals surface area contributed by atoms with Crippen LogP contribution in [-0.2, 0) is 20.7 Å². The first-order valence-corrected chi connectivity index (χ1v) is 9.40. The molecule has 6 heteroatoms. The third kappa shape index (κ3) is 17.1. The first-order valence-electron chi connectivity index (χ1n) is 9.40. The van der Waals surface area contributed by atoms with Crippen molar-refractivity contribution in [2.75, 3.05) is 6.61 Å². The molecule has 0 aliphatic heterocycles. The van der Waals surface area contributed by atoms with Gasteiger partial charge in [0, 0.05) is 19.4 Å². The van der Waals surface area contributed by atoms with E-state index in [1.807, 2.05) is 37.3 Å². The van der Waals surface area contributed by atoms with Gasteiger partial charge < -0.3 is 20.3 Å². The number of primary amides is 1. The van der Waals surface area contributed by atoms with Crippen LogP contribution in [0.2, 0.25) is 0 Å². The van der Waals surface area contributed by atoms with Crippen LogP contribution in [-0.4, -0.2) is 35.5 Å². The Hall–Kier alpha value is -2.08. The lowest BCUT2D eigenvalue weighted by atomic mass is 10.1. The Morgan fingerprint density at radius 3 is 2.07 bits per heavy atom. The van der Waals surface area contributed by atoms with Gasteiger partial charge in [-0.2, -0.15) is 0 Å². The minimum absolute atomic E-state index is 0.0372. The van der Waals surface area contributed by atoms with Crippen molar-refractivity contribution in [1.82, 2.24) is 0 Å². The molecule has 1 fully saturated rings. The van der Waals surface area contributed by atoms with Crippen LogP contribution in [0.1, 0.15) is 59.4 Å². The highest BCUT2D eigenvalue weighted by Crippen LogP contribution is 2.27. The lowest BCUT2D eigenvalue weighted by Crippen LogP contribution is -2.27. The van der Waals surface area contributed by atoms with Crippen molar-refractivity contribution < 1.29 is 24.2 Å². The smallest absolute Gasteiger partial charge is 0.405 e. The molecule has 3 N–H and O–H groups in total. The zero-order valence-electron chi connectivity index (χ0n) is 17.2. The summed E-state index contributed by atoms with van der Waals surface area (Å²) >= 11 is 0. The van der Waals surface area contributed by atoms with Crippen LogP contribution >= 0.6 is 0 Å². The summed E-state index contributed by atoms with van der Waals surface area (Å²) in [6.07, 6.45) is 2.99. The van der Waals surface area contributed by atoms with E-state index in [9.17, 15) is 9.59 Å². The number of benzene rings is 1. The average molecular weight is 382 g/mol. The molecule has 1 saturated carbocycles. The van der Waals surface area contributed by atoms with Gasteiger partial charge in [0.05, 0.1) is 0 Å². The van der Waals surface area contributed by atoms with Gasteiger partial charge in [-0.15, -0.1) is 0 Å². The molecular formula is C21H35NO5. The van der Waals surface area contributed by atoms with E-state index in [0.717, 1.165) is 6.42 Å². The van der Waals surface area contributed by atoms with Crippen LogP contribution in [0, 0.1) is 5.92 Å². The molecule has 0 heterocycles. The van der Waals surface area contributed by atoms with Gasteiger partial charge in [0.25, 0.3) is 0 Å². The molecular weight excluding hydrogens is 346 g/mol. The zero-order chi connectivity index (χ0) is 20.9. The van der Waals surface area contributed by atoms with Crippen molar-refractivity contribution >= 4 is 12.1 Å². The minimum Gasteiger partial charge on any atom is -0.462 e. The fourth-order valence-corrected chi connectivity index (χ4v) is 1.90. The third-order valence-electron chi connectivity index (χ3n) is 3.35. The number of carbonyl (C=O) groups is 2. The third-order valence-corrected chi connectivity index (χ3v) is 3.35. The van der Waals surface area contributed by atoms with Gasteiger partial charge in [0.1, 0.15) is 11.7 Å². The van der Waals surface area contributed by atoms with E-state index in [0.29, 0.717) is 18.9 Å². The monoisotopic (exact) mass is 381 g/mol. The van der Waals surface area contributed by atoms with E-state index in [2.05, 4.69) is 4.74 Å². The summed E-state index contributed by atoms with van der Waals surface area (Å²) in [7, 11) is 0. The molecule has 0 aromatic heterocycles. The first-order chi connectivity index (χ1) is 12.6. The van der Waals surface area contributed by atoms with E-state index in [1.54, 1.807) is 27.7 Å². The minimum atomic E-state index is -0.725. The van der Waals surface area contributed by atoms with Crippen LogP contribution < -0.4 is 5.73 Å².